The first-order chi connectivity index (χ1) is 11.7. The van der Waals surface area contributed by atoms with E-state index in [0.29, 0.717) is 11.9 Å². The van der Waals surface area contributed by atoms with Gasteiger partial charge in [-0.2, -0.15) is 0 Å². The van der Waals surface area contributed by atoms with E-state index in [2.05, 4.69) is 5.32 Å². The van der Waals surface area contributed by atoms with Crippen LogP contribution in [0.3, 0.4) is 0 Å². The van der Waals surface area contributed by atoms with Crippen molar-refractivity contribution in [1.29, 1.82) is 0 Å². The molecule has 7 nitrogen and oxygen atoms in total. The molecule has 2 rings (SSSR count). The third-order valence-corrected chi connectivity index (χ3v) is 3.56. The maximum atomic E-state index is 12.0. The molecule has 1 aromatic carbocycles. The van der Waals surface area contributed by atoms with E-state index in [1.807, 2.05) is 12.1 Å². The summed E-state index contributed by atoms with van der Waals surface area (Å²) in [4.78, 5) is 23.4. The molecular formula is C18H24N2O5. The smallest absolute Gasteiger partial charge is 0.416 e. The van der Waals surface area contributed by atoms with Crippen molar-refractivity contribution in [2.24, 2.45) is 0 Å². The molecule has 0 aliphatic heterocycles. The lowest BCUT2D eigenvalue weighted by Crippen LogP contribution is -2.42. The second-order valence-corrected chi connectivity index (χ2v) is 6.83. The summed E-state index contributed by atoms with van der Waals surface area (Å²) in [6.45, 7) is 5.65. The van der Waals surface area contributed by atoms with Crippen LogP contribution in [0.4, 0.5) is 9.59 Å². The van der Waals surface area contributed by atoms with Crippen LogP contribution in [0, 0.1) is 0 Å². The number of methoxy groups -OCH3 is 1. The zero-order chi connectivity index (χ0) is 18.6. The second kappa shape index (κ2) is 7.57. The van der Waals surface area contributed by atoms with Gasteiger partial charge in [-0.05, 0) is 38.8 Å². The van der Waals surface area contributed by atoms with Crippen LogP contribution in [0.1, 0.15) is 26.3 Å². The summed E-state index contributed by atoms with van der Waals surface area (Å²) in [5.41, 5.74) is 0.829. The molecule has 0 saturated carbocycles. The molecule has 136 valence electrons. The van der Waals surface area contributed by atoms with Crippen molar-refractivity contribution >= 4 is 23.1 Å². The van der Waals surface area contributed by atoms with Crippen LogP contribution >= 0.6 is 0 Å². The fourth-order valence-corrected chi connectivity index (χ4v) is 2.66. The lowest BCUT2D eigenvalue weighted by Gasteiger charge is -2.23. The summed E-state index contributed by atoms with van der Waals surface area (Å²) >= 11 is 0. The molecule has 0 aliphatic rings. The highest BCUT2D eigenvalue weighted by Crippen LogP contribution is 2.22. The summed E-state index contributed by atoms with van der Waals surface area (Å²) in [7, 11) is 1.55. The van der Waals surface area contributed by atoms with E-state index in [1.54, 1.807) is 46.2 Å². The highest BCUT2D eigenvalue weighted by atomic mass is 16.6. The Morgan fingerprint density at radius 2 is 1.96 bits per heavy atom. The minimum absolute atomic E-state index is 0.284. The Kier molecular flexibility index (Phi) is 5.69. The summed E-state index contributed by atoms with van der Waals surface area (Å²) < 4.78 is 11.6. The maximum Gasteiger partial charge on any atom is 0.416 e. The first-order valence-corrected chi connectivity index (χ1v) is 8.02. The lowest BCUT2D eigenvalue weighted by molar-refractivity contribution is 0.0469. The highest BCUT2D eigenvalue weighted by molar-refractivity contribution is 5.91. The van der Waals surface area contributed by atoms with Crippen LogP contribution < -0.4 is 5.32 Å². The predicted octanol–water partition coefficient (Wildman–Crippen LogP) is 3.25. The van der Waals surface area contributed by atoms with Crippen LogP contribution in [0.5, 0.6) is 0 Å². The molecule has 2 N–H and O–H groups in total. The van der Waals surface area contributed by atoms with Crippen LogP contribution in [0.2, 0.25) is 0 Å². The molecule has 2 aromatic rings. The van der Waals surface area contributed by atoms with Crippen molar-refractivity contribution < 1.29 is 24.2 Å². The van der Waals surface area contributed by atoms with Crippen LogP contribution in [0.15, 0.2) is 30.5 Å². The van der Waals surface area contributed by atoms with Gasteiger partial charge in [0, 0.05) is 18.7 Å². The molecule has 1 heterocycles. The van der Waals surface area contributed by atoms with E-state index < -0.39 is 17.8 Å². The molecule has 0 aliphatic carbocycles. The van der Waals surface area contributed by atoms with Crippen LogP contribution in [0.25, 0.3) is 10.9 Å². The fraction of sp³-hybridized carbons (Fsp3) is 0.444. The highest BCUT2D eigenvalue weighted by Gasteiger charge is 2.21. The van der Waals surface area contributed by atoms with Gasteiger partial charge in [0.15, 0.2) is 0 Å². The van der Waals surface area contributed by atoms with Crippen molar-refractivity contribution in [3.05, 3.63) is 36.0 Å². The van der Waals surface area contributed by atoms with Gasteiger partial charge in [-0.1, -0.05) is 18.2 Å². The molecule has 0 spiro atoms. The van der Waals surface area contributed by atoms with Crippen LogP contribution in [-0.4, -0.2) is 47.2 Å². The number of alkyl carbamates (subject to hydrolysis) is 1. The SMILES string of the molecule is COCC(Cc1cn(C(=O)O)c2ccccc12)NC(=O)OC(C)(C)C. The second-order valence-electron chi connectivity index (χ2n) is 6.83. The third-order valence-electron chi connectivity index (χ3n) is 3.56. The Balaban J connectivity index is 2.23. The number of nitrogens with zero attached hydrogens (tertiary/aromatic N) is 1. The monoisotopic (exact) mass is 348 g/mol. The standard InChI is InChI=1S/C18H24N2O5/c1-18(2,3)25-16(21)19-13(11-24-4)9-12-10-20(17(22)23)15-8-6-5-7-14(12)15/h5-8,10,13H,9,11H2,1-4H3,(H,19,21)(H,22,23). The lowest BCUT2D eigenvalue weighted by atomic mass is 10.1. The number of hydrogen-bond acceptors (Lipinski definition) is 4. The molecule has 1 amide bonds. The van der Waals surface area contributed by atoms with Gasteiger partial charge >= 0.3 is 12.2 Å². The quantitative estimate of drug-likeness (QED) is 0.866. The van der Waals surface area contributed by atoms with Gasteiger partial charge in [0.05, 0.1) is 18.2 Å². The topological polar surface area (TPSA) is 89.8 Å². The number of nitrogens with one attached hydrogen (secondary N) is 1. The molecular weight excluding hydrogens is 324 g/mol. The number of carbonyl (C=O) groups excluding carboxylic acids is 1. The van der Waals surface area contributed by atoms with Gasteiger partial charge < -0.3 is 19.9 Å². The van der Waals surface area contributed by atoms with Crippen molar-refractivity contribution in [1.82, 2.24) is 9.88 Å². The van der Waals surface area contributed by atoms with E-state index in [4.69, 9.17) is 9.47 Å². The number of ether oxygens (including phenoxy) is 2. The molecule has 0 bridgehead atoms. The molecule has 0 radical (unpaired) electrons. The molecule has 0 fully saturated rings. The van der Waals surface area contributed by atoms with Crippen LogP contribution in [-0.2, 0) is 15.9 Å². The zero-order valence-corrected chi connectivity index (χ0v) is 14.9. The van der Waals surface area contributed by atoms with E-state index >= 15 is 0 Å². The minimum atomic E-state index is -1.05. The largest absolute Gasteiger partial charge is 0.464 e. The van der Waals surface area contributed by atoms with Gasteiger partial charge in [0.25, 0.3) is 0 Å². The number of para-hydroxylation sites is 1. The summed E-state index contributed by atoms with van der Waals surface area (Å²) in [5, 5.41) is 13.0. The average Bonchev–Trinajstić information content (AvgIpc) is 2.85. The molecule has 0 saturated heterocycles. The van der Waals surface area contributed by atoms with Crippen molar-refractivity contribution in [2.75, 3.05) is 13.7 Å². The summed E-state index contributed by atoms with van der Waals surface area (Å²) in [6.07, 6.45) is 0.419. The van der Waals surface area contributed by atoms with Gasteiger partial charge in [0.1, 0.15) is 5.60 Å². The van der Waals surface area contributed by atoms with E-state index in [9.17, 15) is 14.7 Å². The maximum absolute atomic E-state index is 12.0. The molecule has 1 unspecified atom stereocenters. The fourth-order valence-electron chi connectivity index (χ4n) is 2.66. The van der Waals surface area contributed by atoms with E-state index in [-0.39, 0.29) is 12.6 Å². The first kappa shape index (κ1) is 18.8. The summed E-state index contributed by atoms with van der Waals surface area (Å²) in [5.74, 6) is 0. The molecule has 1 atom stereocenters. The number of amides is 1. The Morgan fingerprint density at radius 3 is 2.56 bits per heavy atom. The Bertz CT molecular complexity index is 760. The third kappa shape index (κ3) is 4.96. The number of fused-ring (bicyclic) bond motifs is 1. The number of rotatable bonds is 5. The normalized spacial score (nSPS) is 12.8. The van der Waals surface area contributed by atoms with Crippen molar-refractivity contribution in [3.63, 3.8) is 0 Å². The Hall–Kier alpha value is -2.54. The molecule has 7 heteroatoms. The number of benzene rings is 1. The van der Waals surface area contributed by atoms with Gasteiger partial charge in [-0.3, -0.25) is 4.57 Å². The first-order valence-electron chi connectivity index (χ1n) is 8.02. The molecule has 25 heavy (non-hydrogen) atoms. The average molecular weight is 348 g/mol. The predicted molar refractivity (Wildman–Crippen MR) is 94.1 cm³/mol. The van der Waals surface area contributed by atoms with E-state index in [1.165, 1.54) is 4.57 Å². The van der Waals surface area contributed by atoms with E-state index in [0.717, 1.165) is 10.9 Å². The summed E-state index contributed by atoms with van der Waals surface area (Å²) in [6, 6.07) is 6.91. The number of hydrogen-bond donors (Lipinski definition) is 2. The zero-order valence-electron chi connectivity index (χ0n) is 14.9. The molecule has 1 aromatic heterocycles. The number of carbonyl (C=O) groups is 2. The van der Waals surface area contributed by atoms with Gasteiger partial charge in [0.2, 0.25) is 0 Å². The number of carboxylic acid groups (broad SMARTS) is 1. The Morgan fingerprint density at radius 1 is 1.28 bits per heavy atom. The van der Waals surface area contributed by atoms with Crippen molar-refractivity contribution in [3.8, 4) is 0 Å². The van der Waals surface area contributed by atoms with Gasteiger partial charge in [-0.15, -0.1) is 0 Å². The Labute approximate surface area is 146 Å². The number of aromatic nitrogens is 1. The minimum Gasteiger partial charge on any atom is -0.464 e. The van der Waals surface area contributed by atoms with Gasteiger partial charge in [-0.25, -0.2) is 9.59 Å². The van der Waals surface area contributed by atoms with Crippen molar-refractivity contribution in [2.45, 2.75) is 38.8 Å².